The zero-order chi connectivity index (χ0) is 60.6. The highest BCUT2D eigenvalue weighted by Crippen LogP contribution is 2.49. The largest absolute Gasteiger partial charge is 0.456 e. The molecule has 0 aliphatic heterocycles. The SMILES string of the molecule is c1cc(-c2cccc(N(c3cccc4c(-c5ccc6c(-c7cccc(-c8cccc(N(c9cccc%10ccccc9%10)c9cccc%10oc%11ccccc%11c9%10)c8)c7)cccc6c5)cccc34)c3cccc4c3oc3ccccc34)c2)cc(-c2cccc3ccccc23)c1. The summed E-state index contributed by atoms with van der Waals surface area (Å²) in [5, 5.41) is 13.8. The van der Waals surface area contributed by atoms with Crippen LogP contribution in [0.25, 0.3) is 143 Å². The zero-order valence-electron chi connectivity index (χ0n) is 50.0. The third kappa shape index (κ3) is 8.91. The van der Waals surface area contributed by atoms with E-state index in [2.05, 4.69) is 337 Å². The lowest BCUT2D eigenvalue weighted by Crippen LogP contribution is -2.11. The maximum Gasteiger partial charge on any atom is 0.159 e. The lowest BCUT2D eigenvalue weighted by atomic mass is 9.92. The third-order valence-corrected chi connectivity index (χ3v) is 18.6. The lowest BCUT2D eigenvalue weighted by molar-refractivity contribution is 0.668. The van der Waals surface area contributed by atoms with Gasteiger partial charge in [-0.15, -0.1) is 0 Å². The zero-order valence-corrected chi connectivity index (χ0v) is 50.0. The van der Waals surface area contributed by atoms with Crippen LogP contribution in [0, 0.1) is 0 Å². The summed E-state index contributed by atoms with van der Waals surface area (Å²) in [5.41, 5.74) is 21.3. The molecule has 0 saturated heterocycles. The molecule has 0 amide bonds. The van der Waals surface area contributed by atoms with Gasteiger partial charge in [0.1, 0.15) is 16.7 Å². The average molecular weight is 1170 g/mol. The predicted octanol–water partition coefficient (Wildman–Crippen LogP) is 25.4. The maximum absolute atomic E-state index is 6.87. The molecule has 0 spiro atoms. The smallest absolute Gasteiger partial charge is 0.159 e. The second-order valence-electron chi connectivity index (χ2n) is 23.9. The number of hydrogen-bond acceptors (Lipinski definition) is 4. The fraction of sp³-hybridized carbons (Fsp3) is 0. The molecule has 0 N–H and O–H groups in total. The first-order chi connectivity index (χ1) is 45.6. The number of rotatable bonds is 11. The van der Waals surface area contributed by atoms with E-state index >= 15 is 0 Å². The summed E-state index contributed by atoms with van der Waals surface area (Å²) < 4.78 is 13.4. The van der Waals surface area contributed by atoms with Gasteiger partial charge in [-0.1, -0.05) is 255 Å². The van der Waals surface area contributed by atoms with Crippen LogP contribution in [0.15, 0.2) is 349 Å². The van der Waals surface area contributed by atoms with E-state index in [1.54, 1.807) is 0 Å². The number of fused-ring (bicyclic) bond motifs is 10. The Labute approximate surface area is 532 Å². The molecule has 0 atom stereocenters. The van der Waals surface area contributed by atoms with E-state index in [0.717, 1.165) is 128 Å². The fourth-order valence-electron chi connectivity index (χ4n) is 14.4. The van der Waals surface area contributed by atoms with Crippen molar-refractivity contribution in [2.24, 2.45) is 0 Å². The van der Waals surface area contributed by atoms with Gasteiger partial charge in [0, 0.05) is 38.3 Å². The van der Waals surface area contributed by atoms with Gasteiger partial charge in [0.15, 0.2) is 5.58 Å². The minimum atomic E-state index is 0.839. The number of nitrogens with zero attached hydrogens (tertiary/aromatic N) is 2. The minimum absolute atomic E-state index is 0.839. The molecule has 2 heterocycles. The van der Waals surface area contributed by atoms with Crippen molar-refractivity contribution in [1.29, 1.82) is 0 Å². The van der Waals surface area contributed by atoms with E-state index in [0.29, 0.717) is 0 Å². The minimum Gasteiger partial charge on any atom is -0.456 e. The van der Waals surface area contributed by atoms with Crippen molar-refractivity contribution in [3.63, 3.8) is 0 Å². The standard InChI is InChI=1S/C88H56N2O2/c1-3-33-69-57(20-1)22-13-37-70(69)63-28-9-24-59(52-63)62-27-12-32-68(56-62)90(83-46-18-42-78-77-35-5-7-47-84(77)92-88(78)83)81-44-17-40-75-72(39-16-41-76(75)81)66-50-51-73-65(54-66)30-14-38-71(73)64-29-10-25-60(53-64)61-26-11-31-67(55-61)89(80-43-15-23-58-21-2-4-34-74(58)80)82-45-19-49-86-87(82)79-36-6-8-48-85(79)91-86/h1-56H. The molecular weight excluding hydrogens is 1120 g/mol. The van der Waals surface area contributed by atoms with Crippen LogP contribution < -0.4 is 9.80 Å². The van der Waals surface area contributed by atoms with Crippen LogP contribution in [-0.4, -0.2) is 0 Å². The van der Waals surface area contributed by atoms with Crippen molar-refractivity contribution in [1.82, 2.24) is 0 Å². The van der Waals surface area contributed by atoms with Crippen molar-refractivity contribution >= 4 is 121 Å². The summed E-state index contributed by atoms with van der Waals surface area (Å²) in [6, 6.07) is 123. The molecule has 16 aromatic carbocycles. The van der Waals surface area contributed by atoms with Gasteiger partial charge in [-0.25, -0.2) is 0 Å². The fourth-order valence-corrected chi connectivity index (χ4v) is 14.4. The molecule has 0 bridgehead atoms. The van der Waals surface area contributed by atoms with Crippen LogP contribution in [0.5, 0.6) is 0 Å². The van der Waals surface area contributed by atoms with Crippen molar-refractivity contribution in [3.8, 4) is 55.6 Å². The topological polar surface area (TPSA) is 32.8 Å². The molecule has 4 heteroatoms. The van der Waals surface area contributed by atoms with Crippen LogP contribution in [-0.2, 0) is 0 Å². The predicted molar refractivity (Wildman–Crippen MR) is 388 cm³/mol. The third-order valence-electron chi connectivity index (χ3n) is 18.6. The van der Waals surface area contributed by atoms with Gasteiger partial charge in [-0.3, -0.25) is 0 Å². The first kappa shape index (κ1) is 52.8. The van der Waals surface area contributed by atoms with Gasteiger partial charge in [0.25, 0.3) is 0 Å². The van der Waals surface area contributed by atoms with E-state index in [1.165, 1.54) is 49.0 Å². The summed E-state index contributed by atoms with van der Waals surface area (Å²) in [6.45, 7) is 0. The highest BCUT2D eigenvalue weighted by atomic mass is 16.3. The highest BCUT2D eigenvalue weighted by Gasteiger charge is 2.25. The Morgan fingerprint density at radius 1 is 0.196 bits per heavy atom. The molecule has 2 aromatic heterocycles. The van der Waals surface area contributed by atoms with Gasteiger partial charge in [-0.2, -0.15) is 0 Å². The first-order valence-corrected chi connectivity index (χ1v) is 31.4. The van der Waals surface area contributed by atoms with Crippen molar-refractivity contribution in [2.75, 3.05) is 9.80 Å². The van der Waals surface area contributed by atoms with Crippen LogP contribution >= 0.6 is 0 Å². The molecule has 0 fully saturated rings. The Morgan fingerprint density at radius 3 is 1.30 bits per heavy atom. The molecule has 0 unspecified atom stereocenters. The van der Waals surface area contributed by atoms with Gasteiger partial charge < -0.3 is 18.6 Å². The quantitative estimate of drug-likeness (QED) is 0.129. The van der Waals surface area contributed by atoms with Crippen molar-refractivity contribution in [3.05, 3.63) is 340 Å². The number of furan rings is 2. The van der Waals surface area contributed by atoms with Crippen LogP contribution in [0.3, 0.4) is 0 Å². The summed E-state index contributed by atoms with van der Waals surface area (Å²) in [7, 11) is 0. The Hall–Kier alpha value is -12.2. The summed E-state index contributed by atoms with van der Waals surface area (Å²) in [4.78, 5) is 4.81. The Balaban J connectivity index is 0.723. The Bertz CT molecular complexity index is 5940. The molecule has 18 aromatic rings. The molecule has 4 nitrogen and oxygen atoms in total. The van der Waals surface area contributed by atoms with E-state index in [-0.39, 0.29) is 0 Å². The van der Waals surface area contributed by atoms with E-state index in [1.807, 2.05) is 12.1 Å². The Kier molecular flexibility index (Phi) is 12.5. The first-order valence-electron chi connectivity index (χ1n) is 31.4. The molecular formula is C88H56N2O2. The van der Waals surface area contributed by atoms with Gasteiger partial charge in [0.2, 0.25) is 0 Å². The lowest BCUT2D eigenvalue weighted by Gasteiger charge is -2.28. The number of benzene rings is 16. The maximum atomic E-state index is 6.87. The van der Waals surface area contributed by atoms with Crippen molar-refractivity contribution < 1.29 is 8.83 Å². The number of hydrogen-bond donors (Lipinski definition) is 0. The normalized spacial score (nSPS) is 11.7. The average Bonchev–Trinajstić information content (AvgIpc) is 1.41. The van der Waals surface area contributed by atoms with Gasteiger partial charge in [0.05, 0.1) is 28.1 Å². The molecule has 0 saturated carbocycles. The molecule has 0 aliphatic rings. The van der Waals surface area contributed by atoms with Crippen molar-refractivity contribution in [2.45, 2.75) is 0 Å². The molecule has 0 aliphatic carbocycles. The van der Waals surface area contributed by atoms with Gasteiger partial charge >= 0.3 is 0 Å². The van der Waals surface area contributed by atoms with Gasteiger partial charge in [-0.05, 0) is 173 Å². The number of para-hydroxylation sites is 3. The summed E-state index contributed by atoms with van der Waals surface area (Å²) in [5.74, 6) is 0. The van der Waals surface area contributed by atoms with Crippen LogP contribution in [0.2, 0.25) is 0 Å². The molecule has 0 radical (unpaired) electrons. The van der Waals surface area contributed by atoms with E-state index in [9.17, 15) is 0 Å². The van der Waals surface area contributed by atoms with E-state index < -0.39 is 0 Å². The number of anilines is 6. The molecule has 92 heavy (non-hydrogen) atoms. The Morgan fingerprint density at radius 2 is 0.598 bits per heavy atom. The summed E-state index contributed by atoms with van der Waals surface area (Å²) >= 11 is 0. The van der Waals surface area contributed by atoms with Crippen LogP contribution in [0.1, 0.15) is 0 Å². The second kappa shape index (κ2) is 21.8. The van der Waals surface area contributed by atoms with E-state index in [4.69, 9.17) is 8.83 Å². The summed E-state index contributed by atoms with van der Waals surface area (Å²) in [6.07, 6.45) is 0. The highest BCUT2D eigenvalue weighted by molar-refractivity contribution is 6.16. The monoisotopic (exact) mass is 1170 g/mol. The molecule has 430 valence electrons. The molecule has 18 rings (SSSR count). The second-order valence-corrected chi connectivity index (χ2v) is 23.9. The van der Waals surface area contributed by atoms with Crippen LogP contribution in [0.4, 0.5) is 34.1 Å².